The van der Waals surface area contributed by atoms with E-state index in [4.69, 9.17) is 23.2 Å². The Morgan fingerprint density at radius 3 is 2.54 bits per heavy atom. The van der Waals surface area contributed by atoms with Gasteiger partial charge in [0.15, 0.2) is 5.82 Å². The molecule has 0 aliphatic rings. The molecule has 24 heavy (non-hydrogen) atoms. The van der Waals surface area contributed by atoms with Gasteiger partial charge in [0.2, 0.25) is 0 Å². The number of amides is 1. The average Bonchev–Trinajstić information content (AvgIpc) is 3.05. The van der Waals surface area contributed by atoms with Gasteiger partial charge in [-0.3, -0.25) is 4.79 Å². The largest absolute Gasteiger partial charge is 0.320 e. The minimum Gasteiger partial charge on any atom is -0.320 e. The van der Waals surface area contributed by atoms with Crippen LogP contribution in [0.4, 0.5) is 10.1 Å². The van der Waals surface area contributed by atoms with E-state index in [9.17, 15) is 9.18 Å². The van der Waals surface area contributed by atoms with E-state index in [2.05, 4.69) is 36.4 Å². The van der Waals surface area contributed by atoms with E-state index in [1.54, 1.807) is 0 Å². The Bertz CT molecular complexity index is 920. The molecule has 2 heterocycles. The van der Waals surface area contributed by atoms with E-state index in [0.29, 0.717) is 16.0 Å². The van der Waals surface area contributed by atoms with Crippen LogP contribution in [0.2, 0.25) is 10.0 Å². The van der Waals surface area contributed by atoms with Crippen molar-refractivity contribution in [1.29, 1.82) is 0 Å². The fraction of sp³-hybridized carbons (Fsp3) is 0. The van der Waals surface area contributed by atoms with Gasteiger partial charge in [-0.2, -0.15) is 10.2 Å². The summed E-state index contributed by atoms with van der Waals surface area (Å²) in [6, 6.07) is 3.81. The summed E-state index contributed by atoms with van der Waals surface area (Å²) in [7, 11) is 0. The van der Waals surface area contributed by atoms with Gasteiger partial charge < -0.3 is 5.32 Å². The minimum atomic E-state index is -0.708. The number of pyridine rings is 1. The molecule has 0 saturated carbocycles. The molecule has 0 radical (unpaired) electrons. The van der Waals surface area contributed by atoms with Gasteiger partial charge in [0.05, 0.1) is 39.9 Å². The molecule has 3 rings (SSSR count). The first kappa shape index (κ1) is 16.8. The summed E-state index contributed by atoms with van der Waals surface area (Å²) in [5, 5.41) is 10.8. The highest BCUT2D eigenvalue weighted by atomic mass is 79.9. The number of hydrogen-bond donors (Lipinski definition) is 1. The number of aromatic nitrogens is 4. The summed E-state index contributed by atoms with van der Waals surface area (Å²) >= 11 is 15.1. The first-order valence-corrected chi connectivity index (χ1v) is 7.98. The molecule has 1 N–H and O–H groups in total. The zero-order valence-corrected chi connectivity index (χ0v) is 14.8. The summed E-state index contributed by atoms with van der Waals surface area (Å²) in [5.74, 6) is -1.08. The molecule has 0 unspecified atom stereocenters. The van der Waals surface area contributed by atoms with Crippen molar-refractivity contribution >= 4 is 50.7 Å². The second kappa shape index (κ2) is 6.84. The lowest BCUT2D eigenvalue weighted by Crippen LogP contribution is -2.14. The Labute approximate surface area is 153 Å². The summed E-state index contributed by atoms with van der Waals surface area (Å²) in [6.07, 6.45) is 4.32. The van der Waals surface area contributed by atoms with E-state index in [-0.39, 0.29) is 15.6 Å². The third kappa shape index (κ3) is 3.40. The number of halogens is 4. The highest BCUT2D eigenvalue weighted by molar-refractivity contribution is 9.10. The van der Waals surface area contributed by atoms with Gasteiger partial charge in [-0.25, -0.2) is 9.37 Å². The molecule has 0 spiro atoms. The molecule has 2 aromatic heterocycles. The maximum absolute atomic E-state index is 13.9. The summed E-state index contributed by atoms with van der Waals surface area (Å²) in [4.78, 5) is 17.5. The molecule has 0 fully saturated rings. The Morgan fingerprint density at radius 2 is 1.88 bits per heavy atom. The van der Waals surface area contributed by atoms with Crippen molar-refractivity contribution in [3.63, 3.8) is 0 Å². The van der Waals surface area contributed by atoms with E-state index < -0.39 is 11.7 Å². The van der Waals surface area contributed by atoms with Crippen LogP contribution in [-0.4, -0.2) is 25.9 Å². The number of carbonyl (C=O) groups excluding carboxylic acids is 1. The molecule has 3 aromatic rings. The lowest BCUT2D eigenvalue weighted by atomic mass is 10.2. The van der Waals surface area contributed by atoms with Gasteiger partial charge in [0.1, 0.15) is 5.82 Å². The molecule has 1 aromatic carbocycles. The van der Waals surface area contributed by atoms with Crippen molar-refractivity contribution in [3.05, 3.63) is 62.7 Å². The summed E-state index contributed by atoms with van der Waals surface area (Å²) in [6.45, 7) is 0. The Morgan fingerprint density at radius 1 is 1.17 bits per heavy atom. The zero-order chi connectivity index (χ0) is 17.3. The molecule has 10 heteroatoms. The standard InChI is InChI=1S/C14H7BrCl2FN5O/c15-9-5-12(18)8(4-10(9)16)14(24)22-7-3-11(17)13(19-6-7)23-20-1-2-21-23/h1-6H,(H,22,24). The first-order chi connectivity index (χ1) is 11.5. The zero-order valence-electron chi connectivity index (χ0n) is 11.7. The van der Waals surface area contributed by atoms with Crippen LogP contribution in [-0.2, 0) is 0 Å². The van der Waals surface area contributed by atoms with Crippen LogP contribution in [0.25, 0.3) is 5.82 Å². The second-order valence-electron chi connectivity index (χ2n) is 4.55. The van der Waals surface area contributed by atoms with Crippen LogP contribution < -0.4 is 5.32 Å². The fourth-order valence-electron chi connectivity index (χ4n) is 1.87. The maximum atomic E-state index is 13.9. The van der Waals surface area contributed by atoms with Crippen LogP contribution in [0.3, 0.4) is 0 Å². The van der Waals surface area contributed by atoms with Crippen molar-refractivity contribution in [2.24, 2.45) is 0 Å². The number of benzene rings is 1. The van der Waals surface area contributed by atoms with Crippen LogP contribution in [0.5, 0.6) is 0 Å². The van der Waals surface area contributed by atoms with Crippen molar-refractivity contribution in [3.8, 4) is 5.82 Å². The Kier molecular flexibility index (Phi) is 4.79. The van der Waals surface area contributed by atoms with Crippen LogP contribution >= 0.6 is 39.1 Å². The summed E-state index contributed by atoms with van der Waals surface area (Å²) < 4.78 is 14.3. The highest BCUT2D eigenvalue weighted by Crippen LogP contribution is 2.27. The lowest BCUT2D eigenvalue weighted by Gasteiger charge is -2.09. The van der Waals surface area contributed by atoms with Crippen molar-refractivity contribution in [1.82, 2.24) is 20.0 Å². The van der Waals surface area contributed by atoms with Gasteiger partial charge in [0.25, 0.3) is 5.91 Å². The van der Waals surface area contributed by atoms with E-state index in [1.807, 2.05) is 0 Å². The maximum Gasteiger partial charge on any atom is 0.258 e. The molecule has 0 atom stereocenters. The first-order valence-electron chi connectivity index (χ1n) is 6.44. The Hall–Kier alpha value is -2.03. The monoisotopic (exact) mass is 429 g/mol. The van der Waals surface area contributed by atoms with Gasteiger partial charge in [-0.1, -0.05) is 23.2 Å². The van der Waals surface area contributed by atoms with Crippen molar-refractivity contribution < 1.29 is 9.18 Å². The molecule has 6 nitrogen and oxygen atoms in total. The van der Waals surface area contributed by atoms with Gasteiger partial charge >= 0.3 is 0 Å². The van der Waals surface area contributed by atoms with E-state index in [1.165, 1.54) is 35.5 Å². The quantitative estimate of drug-likeness (QED) is 0.634. The second-order valence-corrected chi connectivity index (χ2v) is 6.22. The normalized spacial score (nSPS) is 10.7. The predicted octanol–water partition coefficient (Wildman–Crippen LogP) is 4.12. The number of nitrogens with one attached hydrogen (secondary N) is 1. The molecule has 1 amide bonds. The lowest BCUT2D eigenvalue weighted by molar-refractivity contribution is 0.102. The van der Waals surface area contributed by atoms with Gasteiger partial charge in [-0.15, -0.1) is 4.80 Å². The number of carbonyl (C=O) groups is 1. The molecular formula is C14H7BrCl2FN5O. The average molecular weight is 431 g/mol. The third-order valence-electron chi connectivity index (χ3n) is 2.94. The van der Waals surface area contributed by atoms with E-state index in [0.717, 1.165) is 6.07 Å². The van der Waals surface area contributed by atoms with Crippen LogP contribution in [0, 0.1) is 5.82 Å². The van der Waals surface area contributed by atoms with Gasteiger partial charge in [0, 0.05) is 4.47 Å². The minimum absolute atomic E-state index is 0.197. The predicted molar refractivity (Wildman–Crippen MR) is 91.2 cm³/mol. The molecule has 0 aliphatic heterocycles. The van der Waals surface area contributed by atoms with Crippen molar-refractivity contribution in [2.75, 3.05) is 5.32 Å². The molecule has 0 saturated heterocycles. The number of anilines is 1. The number of nitrogens with zero attached hydrogens (tertiary/aromatic N) is 4. The topological polar surface area (TPSA) is 72.7 Å². The summed E-state index contributed by atoms with van der Waals surface area (Å²) in [5.41, 5.74) is 0.0940. The molecule has 0 bridgehead atoms. The van der Waals surface area contributed by atoms with E-state index >= 15 is 0 Å². The van der Waals surface area contributed by atoms with Crippen LogP contribution in [0.1, 0.15) is 10.4 Å². The van der Waals surface area contributed by atoms with Gasteiger partial charge in [-0.05, 0) is 34.1 Å². The molecule has 0 aliphatic carbocycles. The number of hydrogen-bond acceptors (Lipinski definition) is 4. The van der Waals surface area contributed by atoms with Crippen molar-refractivity contribution in [2.45, 2.75) is 0 Å². The highest BCUT2D eigenvalue weighted by Gasteiger charge is 2.16. The third-order valence-corrected chi connectivity index (χ3v) is 4.42. The Balaban J connectivity index is 1.85. The molecular weight excluding hydrogens is 424 g/mol. The van der Waals surface area contributed by atoms with Crippen LogP contribution in [0.15, 0.2) is 41.3 Å². The number of rotatable bonds is 3. The fourth-order valence-corrected chi connectivity index (χ4v) is 2.59. The smallest absolute Gasteiger partial charge is 0.258 e. The SMILES string of the molecule is O=C(Nc1cnc(-n2nccn2)c(Cl)c1)c1cc(Cl)c(Br)cc1F. The molecule has 122 valence electrons.